The third-order valence-corrected chi connectivity index (χ3v) is 5.79. The molecule has 1 heterocycles. The molecule has 0 radical (unpaired) electrons. The van der Waals surface area contributed by atoms with Crippen molar-refractivity contribution in [2.45, 2.75) is 46.2 Å². The van der Waals surface area contributed by atoms with Gasteiger partial charge in [-0.05, 0) is 36.2 Å². The summed E-state index contributed by atoms with van der Waals surface area (Å²) in [4.78, 5) is 27.4. The monoisotopic (exact) mass is 549 g/mol. The van der Waals surface area contributed by atoms with Crippen LogP contribution >= 0.6 is 11.6 Å². The maximum atomic E-state index is 13.1. The Bertz CT molecular complexity index is 1300. The molecule has 3 amide bonds. The summed E-state index contributed by atoms with van der Waals surface area (Å²) in [6.07, 6.45) is -4.55. The molecule has 0 fully saturated rings. The second-order valence-corrected chi connectivity index (χ2v) is 10.8. The number of hydrogen-bond donors (Lipinski definition) is 2. The summed E-state index contributed by atoms with van der Waals surface area (Å²) in [7, 11) is 0. The summed E-state index contributed by atoms with van der Waals surface area (Å²) in [6.45, 7) is 9.56. The molecule has 3 rings (SSSR count). The van der Waals surface area contributed by atoms with Crippen LogP contribution in [-0.4, -0.2) is 39.7 Å². The van der Waals surface area contributed by atoms with Crippen LogP contribution in [0.15, 0.2) is 54.6 Å². The van der Waals surface area contributed by atoms with Crippen LogP contribution in [0.4, 0.5) is 29.5 Å². The number of benzene rings is 2. The molecule has 0 aliphatic rings. The predicted molar refractivity (Wildman–Crippen MR) is 143 cm³/mol. The minimum Gasteiger partial charge on any atom is -0.315 e. The second-order valence-electron chi connectivity index (χ2n) is 10.4. The Balaban J connectivity index is 1.83. The number of halogens is 4. The zero-order chi connectivity index (χ0) is 28.3. The van der Waals surface area contributed by atoms with Gasteiger partial charge in [0.1, 0.15) is 12.4 Å². The van der Waals surface area contributed by atoms with Crippen molar-refractivity contribution in [3.05, 3.63) is 70.9 Å². The van der Waals surface area contributed by atoms with E-state index in [9.17, 15) is 22.8 Å². The highest BCUT2D eigenvalue weighted by Gasteiger charge is 2.31. The van der Waals surface area contributed by atoms with Gasteiger partial charge in [-0.3, -0.25) is 4.79 Å². The molecule has 0 aliphatic heterocycles. The first-order valence-electron chi connectivity index (χ1n) is 12.0. The number of urea groups is 1. The smallest absolute Gasteiger partial charge is 0.315 e. The van der Waals surface area contributed by atoms with E-state index in [1.807, 2.05) is 34.6 Å². The van der Waals surface area contributed by atoms with Gasteiger partial charge in [0.05, 0.1) is 22.0 Å². The van der Waals surface area contributed by atoms with E-state index in [1.165, 1.54) is 21.7 Å². The number of hydrogen-bond acceptors (Lipinski definition) is 3. The van der Waals surface area contributed by atoms with Crippen LogP contribution < -0.4 is 10.6 Å². The van der Waals surface area contributed by atoms with Crippen molar-refractivity contribution >= 4 is 35.0 Å². The maximum Gasteiger partial charge on any atom is 0.416 e. The molecule has 2 aromatic carbocycles. The molecule has 0 aliphatic carbocycles. The molecular weight excluding hydrogens is 519 g/mol. The van der Waals surface area contributed by atoms with Gasteiger partial charge in [-0.25, -0.2) is 9.48 Å². The number of carbonyl (C=O) groups is 2. The first kappa shape index (κ1) is 29.0. The minimum atomic E-state index is -4.55. The van der Waals surface area contributed by atoms with Crippen LogP contribution in [0.25, 0.3) is 5.69 Å². The molecule has 0 unspecified atom stereocenters. The van der Waals surface area contributed by atoms with E-state index in [0.29, 0.717) is 22.2 Å². The fourth-order valence-electron chi connectivity index (χ4n) is 3.64. The molecule has 3 aromatic rings. The van der Waals surface area contributed by atoms with Crippen LogP contribution in [0, 0.1) is 5.92 Å². The summed E-state index contributed by atoms with van der Waals surface area (Å²) in [5.74, 6) is -0.134. The van der Waals surface area contributed by atoms with Crippen LogP contribution in [0.1, 0.15) is 45.9 Å². The Kier molecular flexibility index (Phi) is 8.76. The third-order valence-electron chi connectivity index (χ3n) is 5.47. The Morgan fingerprint density at radius 1 is 1.03 bits per heavy atom. The Morgan fingerprint density at radius 2 is 1.71 bits per heavy atom. The lowest BCUT2D eigenvalue weighted by Crippen LogP contribution is -2.42. The number of rotatable bonds is 7. The van der Waals surface area contributed by atoms with E-state index >= 15 is 0 Å². The van der Waals surface area contributed by atoms with E-state index in [4.69, 9.17) is 11.6 Å². The van der Waals surface area contributed by atoms with Gasteiger partial charge in [0.25, 0.3) is 0 Å². The molecule has 0 saturated carbocycles. The average Bonchev–Trinajstić information content (AvgIpc) is 3.22. The molecule has 38 heavy (non-hydrogen) atoms. The SMILES string of the molecule is CC(C)CN(CC(=O)Nc1cc(C(C)(C)C)nn1-c1ccccc1Cl)C(=O)Nc1cccc(C(F)(F)F)c1. The molecule has 0 saturated heterocycles. The summed E-state index contributed by atoms with van der Waals surface area (Å²) >= 11 is 6.39. The molecule has 7 nitrogen and oxygen atoms in total. The second kappa shape index (κ2) is 11.5. The highest BCUT2D eigenvalue weighted by molar-refractivity contribution is 6.32. The normalized spacial score (nSPS) is 11.9. The zero-order valence-corrected chi connectivity index (χ0v) is 22.6. The number of nitrogens with one attached hydrogen (secondary N) is 2. The number of para-hydroxylation sites is 1. The van der Waals surface area contributed by atoms with Gasteiger partial charge in [0, 0.05) is 23.7 Å². The van der Waals surface area contributed by atoms with Crippen LogP contribution in [-0.2, 0) is 16.4 Å². The topological polar surface area (TPSA) is 79.3 Å². The number of aromatic nitrogens is 2. The van der Waals surface area contributed by atoms with Gasteiger partial charge >= 0.3 is 12.2 Å². The van der Waals surface area contributed by atoms with Crippen molar-refractivity contribution in [3.63, 3.8) is 0 Å². The molecule has 0 bridgehead atoms. The Morgan fingerprint density at radius 3 is 2.32 bits per heavy atom. The number of anilines is 2. The predicted octanol–water partition coefficient (Wildman–Crippen LogP) is 6.97. The lowest BCUT2D eigenvalue weighted by Gasteiger charge is -2.24. The van der Waals surface area contributed by atoms with Crippen molar-refractivity contribution in [1.29, 1.82) is 0 Å². The third kappa shape index (κ3) is 7.50. The average molecular weight is 550 g/mol. The molecular formula is C27H31ClF3N5O2. The Hall–Kier alpha value is -3.53. The highest BCUT2D eigenvalue weighted by Crippen LogP contribution is 2.31. The van der Waals surface area contributed by atoms with Crippen molar-refractivity contribution in [2.24, 2.45) is 5.92 Å². The molecule has 11 heteroatoms. The highest BCUT2D eigenvalue weighted by atomic mass is 35.5. The summed E-state index contributed by atoms with van der Waals surface area (Å²) in [5.41, 5.74) is 0.0624. The van der Waals surface area contributed by atoms with E-state index in [0.717, 1.165) is 12.1 Å². The zero-order valence-electron chi connectivity index (χ0n) is 21.9. The van der Waals surface area contributed by atoms with Crippen molar-refractivity contribution in [3.8, 4) is 5.69 Å². The lowest BCUT2D eigenvalue weighted by molar-refractivity contribution is -0.137. The number of nitrogens with zero attached hydrogens (tertiary/aromatic N) is 3. The van der Waals surface area contributed by atoms with E-state index < -0.39 is 23.7 Å². The van der Waals surface area contributed by atoms with Crippen LogP contribution in [0.3, 0.4) is 0 Å². The van der Waals surface area contributed by atoms with Crippen molar-refractivity contribution in [1.82, 2.24) is 14.7 Å². The summed E-state index contributed by atoms with van der Waals surface area (Å²) in [6, 6.07) is 12.5. The molecule has 1 aromatic heterocycles. The van der Waals surface area contributed by atoms with Gasteiger partial charge in [-0.1, -0.05) is 64.4 Å². The fraction of sp³-hybridized carbons (Fsp3) is 0.370. The lowest BCUT2D eigenvalue weighted by atomic mass is 9.92. The van der Waals surface area contributed by atoms with Gasteiger partial charge in [-0.2, -0.15) is 18.3 Å². The summed E-state index contributed by atoms with van der Waals surface area (Å²) in [5, 5.41) is 10.4. The van der Waals surface area contributed by atoms with Gasteiger partial charge < -0.3 is 15.5 Å². The maximum absolute atomic E-state index is 13.1. The Labute approximate surface area is 225 Å². The molecule has 204 valence electrons. The van der Waals surface area contributed by atoms with E-state index in [1.54, 1.807) is 30.3 Å². The number of alkyl halides is 3. The van der Waals surface area contributed by atoms with Crippen molar-refractivity contribution in [2.75, 3.05) is 23.7 Å². The number of amides is 3. The first-order chi connectivity index (χ1) is 17.6. The van der Waals surface area contributed by atoms with Crippen LogP contribution in [0.2, 0.25) is 5.02 Å². The van der Waals surface area contributed by atoms with Crippen molar-refractivity contribution < 1.29 is 22.8 Å². The van der Waals surface area contributed by atoms with Gasteiger partial charge in [0.15, 0.2) is 0 Å². The molecule has 0 spiro atoms. The quantitative estimate of drug-likeness (QED) is 0.334. The van der Waals surface area contributed by atoms with E-state index in [2.05, 4.69) is 15.7 Å². The van der Waals surface area contributed by atoms with Gasteiger partial charge in [-0.15, -0.1) is 0 Å². The molecule has 2 N–H and O–H groups in total. The van der Waals surface area contributed by atoms with E-state index in [-0.39, 0.29) is 30.1 Å². The largest absolute Gasteiger partial charge is 0.416 e. The molecule has 0 atom stereocenters. The minimum absolute atomic E-state index is 0.00351. The number of carbonyl (C=O) groups excluding carboxylic acids is 2. The summed E-state index contributed by atoms with van der Waals surface area (Å²) < 4.78 is 40.8. The van der Waals surface area contributed by atoms with Gasteiger partial charge in [0.2, 0.25) is 5.91 Å². The fourth-order valence-corrected chi connectivity index (χ4v) is 3.85. The van der Waals surface area contributed by atoms with Crippen LogP contribution in [0.5, 0.6) is 0 Å². The first-order valence-corrected chi connectivity index (χ1v) is 12.4. The standard InChI is InChI=1S/C27H31ClF3N5O2/c1-17(2)15-35(25(38)32-19-10-8-9-18(13-19)27(29,30)31)16-24(37)33-23-14-22(26(3,4)5)34-36(23)21-12-7-6-11-20(21)28/h6-14,17H,15-16H2,1-5H3,(H,32,38)(H,33,37).